The van der Waals surface area contributed by atoms with Crippen molar-refractivity contribution < 1.29 is 23.1 Å². The van der Waals surface area contributed by atoms with E-state index in [9.17, 15) is 23.1 Å². The molecule has 0 saturated carbocycles. The molecule has 0 bridgehead atoms. The number of hydrogen-bond donors (Lipinski definition) is 1. The van der Waals surface area contributed by atoms with Gasteiger partial charge < -0.3 is 5.11 Å². The quantitative estimate of drug-likeness (QED) is 0.886. The fraction of sp³-hybridized carbons (Fsp3) is 0.278. The molecule has 6 nitrogen and oxygen atoms in total. The van der Waals surface area contributed by atoms with Crippen molar-refractivity contribution in [3.63, 3.8) is 0 Å². The molecule has 0 aliphatic carbocycles. The van der Waals surface area contributed by atoms with Crippen LogP contribution in [0, 0.1) is 0 Å². The lowest BCUT2D eigenvalue weighted by Crippen LogP contribution is -2.53. The number of aromatic nitrogens is 2. The van der Waals surface area contributed by atoms with Gasteiger partial charge in [-0.05, 0) is 37.3 Å². The molecule has 1 aliphatic rings. The second-order valence-corrected chi connectivity index (χ2v) is 6.02. The monoisotopic (exact) mass is 378 g/mol. The Hall–Kier alpha value is -2.94. The molecule has 0 radical (unpaired) electrons. The van der Waals surface area contributed by atoms with Crippen LogP contribution in [0.4, 0.5) is 18.9 Å². The summed E-state index contributed by atoms with van der Waals surface area (Å²) in [6.45, 7) is 1.43. The normalized spacial score (nSPS) is 16.3. The topological polar surface area (TPSA) is 69.6 Å². The van der Waals surface area contributed by atoms with Gasteiger partial charge >= 0.3 is 6.18 Å². The molecule has 3 heterocycles. The summed E-state index contributed by atoms with van der Waals surface area (Å²) < 4.78 is 38.3. The van der Waals surface area contributed by atoms with Crippen molar-refractivity contribution in [2.45, 2.75) is 25.6 Å². The van der Waals surface area contributed by atoms with Gasteiger partial charge in [-0.15, -0.1) is 0 Å². The van der Waals surface area contributed by atoms with Crippen LogP contribution in [0.15, 0.2) is 48.9 Å². The number of aliphatic hydroxyl groups excluding tert-OH is 1. The number of hydrogen-bond acceptors (Lipinski definition) is 5. The van der Waals surface area contributed by atoms with Gasteiger partial charge in [0.05, 0.1) is 30.2 Å². The average Bonchev–Trinajstić information content (AvgIpc) is 2.67. The Balaban J connectivity index is 2.04. The van der Waals surface area contributed by atoms with Crippen LogP contribution in [0.25, 0.3) is 5.70 Å². The second-order valence-electron chi connectivity index (χ2n) is 6.02. The van der Waals surface area contributed by atoms with Crippen LogP contribution in [0.5, 0.6) is 0 Å². The molecule has 2 aromatic heterocycles. The average molecular weight is 378 g/mol. The number of rotatable bonds is 4. The molecule has 2 aromatic rings. The number of anilines is 1. The van der Waals surface area contributed by atoms with E-state index in [0.29, 0.717) is 16.9 Å². The van der Waals surface area contributed by atoms with Crippen molar-refractivity contribution in [1.29, 1.82) is 0 Å². The van der Waals surface area contributed by atoms with E-state index in [4.69, 9.17) is 0 Å². The number of hydrazine groups is 1. The first-order chi connectivity index (χ1) is 12.8. The lowest BCUT2D eigenvalue weighted by molar-refractivity contribution is -0.141. The van der Waals surface area contributed by atoms with Crippen molar-refractivity contribution in [1.82, 2.24) is 15.0 Å². The zero-order valence-electron chi connectivity index (χ0n) is 14.4. The zero-order chi connectivity index (χ0) is 19.6. The zero-order valence-corrected chi connectivity index (χ0v) is 14.4. The third-order valence-corrected chi connectivity index (χ3v) is 4.09. The molecule has 1 unspecified atom stereocenters. The molecule has 27 heavy (non-hydrogen) atoms. The first kappa shape index (κ1) is 18.8. The maximum absolute atomic E-state index is 12.8. The Bertz CT molecular complexity index is 838. The van der Waals surface area contributed by atoms with Gasteiger partial charge in [-0.1, -0.05) is 0 Å². The predicted octanol–water partition coefficient (Wildman–Crippen LogP) is 2.87. The van der Waals surface area contributed by atoms with Gasteiger partial charge in [-0.2, -0.15) is 13.2 Å². The first-order valence-electron chi connectivity index (χ1n) is 8.19. The molecule has 142 valence electrons. The number of pyridine rings is 2. The summed E-state index contributed by atoms with van der Waals surface area (Å²) in [5, 5.41) is 12.6. The SMILES string of the molecule is CC(CO)N1C(c2ccc(C(F)(F)F)nc2)=CCC(=O)N1c1cccnc1. The van der Waals surface area contributed by atoms with Crippen molar-refractivity contribution in [2.75, 3.05) is 11.6 Å². The Kier molecular flexibility index (Phi) is 5.13. The van der Waals surface area contributed by atoms with Crippen LogP contribution < -0.4 is 5.01 Å². The molecule has 1 aliphatic heterocycles. The molecule has 9 heteroatoms. The van der Waals surface area contributed by atoms with E-state index in [1.165, 1.54) is 17.3 Å². The van der Waals surface area contributed by atoms with Crippen LogP contribution in [-0.2, 0) is 11.0 Å². The lowest BCUT2D eigenvalue weighted by Gasteiger charge is -2.43. The summed E-state index contributed by atoms with van der Waals surface area (Å²) in [5.41, 5.74) is 0.392. The molecule has 0 saturated heterocycles. The number of carbonyl (C=O) groups excluding carboxylic acids is 1. The summed E-state index contributed by atoms with van der Waals surface area (Å²) in [5.74, 6) is -0.244. The van der Waals surface area contributed by atoms with Crippen molar-refractivity contribution >= 4 is 17.3 Å². The molecular weight excluding hydrogens is 361 g/mol. The van der Waals surface area contributed by atoms with Gasteiger partial charge in [-0.25, -0.2) is 5.01 Å². The summed E-state index contributed by atoms with van der Waals surface area (Å²) in [6, 6.07) is 5.04. The van der Waals surface area contributed by atoms with E-state index in [-0.39, 0.29) is 18.9 Å². The van der Waals surface area contributed by atoms with Gasteiger partial charge in [0.1, 0.15) is 5.69 Å². The molecular formula is C18H17F3N4O2. The van der Waals surface area contributed by atoms with Gasteiger partial charge in [0, 0.05) is 24.4 Å². The van der Waals surface area contributed by atoms with Gasteiger partial charge in [-0.3, -0.25) is 19.8 Å². The Labute approximate surface area is 153 Å². The highest BCUT2D eigenvalue weighted by molar-refractivity contribution is 5.97. The highest BCUT2D eigenvalue weighted by Crippen LogP contribution is 2.33. The van der Waals surface area contributed by atoms with Crippen LogP contribution in [0.1, 0.15) is 24.6 Å². The molecule has 0 aromatic carbocycles. The van der Waals surface area contributed by atoms with Crippen LogP contribution >= 0.6 is 0 Å². The molecule has 0 spiro atoms. The van der Waals surface area contributed by atoms with Gasteiger partial charge in [0.15, 0.2) is 0 Å². The molecule has 1 atom stereocenters. The standard InChI is InChI=1S/C18H17F3N4O2/c1-12(11-26)24-15(13-4-6-16(23-9-13)18(19,20)21)5-7-17(27)25(24)14-3-2-8-22-10-14/h2-6,8-10,12,26H,7,11H2,1H3. The van der Waals surface area contributed by atoms with E-state index in [1.807, 2.05) is 0 Å². The Morgan fingerprint density at radius 3 is 2.59 bits per heavy atom. The van der Waals surface area contributed by atoms with Crippen molar-refractivity contribution in [3.8, 4) is 0 Å². The van der Waals surface area contributed by atoms with E-state index in [1.54, 1.807) is 36.3 Å². The summed E-state index contributed by atoms with van der Waals surface area (Å²) >= 11 is 0. The maximum atomic E-state index is 12.8. The number of halogens is 3. The van der Waals surface area contributed by atoms with Crippen LogP contribution in [-0.4, -0.2) is 38.6 Å². The van der Waals surface area contributed by atoms with Crippen molar-refractivity contribution in [2.24, 2.45) is 0 Å². The smallest absolute Gasteiger partial charge is 0.394 e. The van der Waals surface area contributed by atoms with Gasteiger partial charge in [0.2, 0.25) is 5.91 Å². The largest absolute Gasteiger partial charge is 0.433 e. The summed E-state index contributed by atoms with van der Waals surface area (Å²) in [6.07, 6.45) is 1.32. The summed E-state index contributed by atoms with van der Waals surface area (Å²) in [7, 11) is 0. The minimum Gasteiger partial charge on any atom is -0.394 e. The van der Waals surface area contributed by atoms with Crippen molar-refractivity contribution in [3.05, 3.63) is 60.2 Å². The number of nitrogens with zero attached hydrogens (tertiary/aromatic N) is 4. The van der Waals surface area contributed by atoms with Gasteiger partial charge in [0.25, 0.3) is 0 Å². The first-order valence-corrected chi connectivity index (χ1v) is 8.19. The highest BCUT2D eigenvalue weighted by atomic mass is 19.4. The Morgan fingerprint density at radius 2 is 2.04 bits per heavy atom. The van der Waals surface area contributed by atoms with Crippen LogP contribution in [0.2, 0.25) is 0 Å². The highest BCUT2D eigenvalue weighted by Gasteiger charge is 2.35. The Morgan fingerprint density at radius 1 is 1.26 bits per heavy atom. The number of alkyl halides is 3. The second kappa shape index (κ2) is 7.36. The third-order valence-electron chi connectivity index (χ3n) is 4.09. The van der Waals surface area contributed by atoms with E-state index < -0.39 is 17.9 Å². The lowest BCUT2D eigenvalue weighted by atomic mass is 10.1. The van der Waals surface area contributed by atoms with E-state index in [0.717, 1.165) is 12.3 Å². The maximum Gasteiger partial charge on any atom is 0.433 e. The minimum absolute atomic E-state index is 0.0555. The minimum atomic E-state index is -4.53. The molecule has 1 N–H and O–H groups in total. The molecule has 3 rings (SSSR count). The van der Waals surface area contributed by atoms with E-state index in [2.05, 4.69) is 9.97 Å². The van der Waals surface area contributed by atoms with E-state index >= 15 is 0 Å². The third kappa shape index (κ3) is 3.77. The number of aliphatic hydroxyl groups is 1. The number of amides is 1. The molecule has 0 fully saturated rings. The summed E-state index contributed by atoms with van der Waals surface area (Å²) in [4.78, 5) is 20.1. The fourth-order valence-electron chi connectivity index (χ4n) is 2.81. The predicted molar refractivity (Wildman–Crippen MR) is 91.9 cm³/mol. The van der Waals surface area contributed by atoms with Crippen LogP contribution in [0.3, 0.4) is 0 Å². The number of carbonyl (C=O) groups is 1. The fourth-order valence-corrected chi connectivity index (χ4v) is 2.81. The molecule has 1 amide bonds.